The molecule has 0 unspecified atom stereocenters. The van der Waals surface area contributed by atoms with Gasteiger partial charge in [-0.15, -0.1) is 24.8 Å². The summed E-state index contributed by atoms with van der Waals surface area (Å²) in [5.41, 5.74) is 1.75. The van der Waals surface area contributed by atoms with E-state index in [-0.39, 0.29) is 30.9 Å². The molecule has 0 radical (unpaired) electrons. The molecule has 25 heavy (non-hydrogen) atoms. The number of ether oxygens (including phenoxy) is 1. The van der Waals surface area contributed by atoms with Gasteiger partial charge in [0, 0.05) is 23.8 Å². The molecule has 1 aliphatic rings. The minimum Gasteiger partial charge on any atom is -0.497 e. The predicted molar refractivity (Wildman–Crippen MR) is 100 cm³/mol. The lowest BCUT2D eigenvalue weighted by atomic mass is 10.0. The lowest BCUT2D eigenvalue weighted by Gasteiger charge is -2.20. The molecular formula is C18H23Cl2FN2O2. The molecule has 0 amide bonds. The first-order valence-electron chi connectivity index (χ1n) is 7.83. The first-order valence-corrected chi connectivity index (χ1v) is 7.83. The first-order chi connectivity index (χ1) is 11.2. The number of pyridine rings is 1. The summed E-state index contributed by atoms with van der Waals surface area (Å²) in [7, 11) is 1.65. The maximum Gasteiger partial charge on any atom is 0.141 e. The van der Waals surface area contributed by atoms with Gasteiger partial charge in [-0.3, -0.25) is 4.98 Å². The Labute approximate surface area is 159 Å². The topological polar surface area (TPSA) is 54.4 Å². The van der Waals surface area contributed by atoms with Crippen molar-refractivity contribution in [3.05, 3.63) is 59.7 Å². The Morgan fingerprint density at radius 1 is 1.24 bits per heavy atom. The van der Waals surface area contributed by atoms with Crippen molar-refractivity contribution in [2.45, 2.75) is 37.5 Å². The third kappa shape index (κ3) is 5.54. The zero-order chi connectivity index (χ0) is 16.2. The van der Waals surface area contributed by atoms with Gasteiger partial charge < -0.3 is 15.2 Å². The summed E-state index contributed by atoms with van der Waals surface area (Å²) < 4.78 is 18.4. The number of nitrogens with one attached hydrogen (secondary N) is 1. The molecule has 1 saturated heterocycles. The molecule has 0 saturated carbocycles. The molecule has 1 fully saturated rings. The van der Waals surface area contributed by atoms with Gasteiger partial charge in [0.25, 0.3) is 0 Å². The Balaban J connectivity index is 0.00000156. The number of hydrogen-bond donors (Lipinski definition) is 2. The SMILES string of the molecule is COc1ccc(C[C@H]2CC[C@H]([C@@H](O)c3cncc(F)c3)N2)cc1.Cl.Cl. The highest BCUT2D eigenvalue weighted by atomic mass is 35.5. The van der Waals surface area contributed by atoms with Crippen LogP contribution in [0.3, 0.4) is 0 Å². The standard InChI is InChI=1S/C18H21FN2O2.2ClH/c1-23-16-5-2-12(3-6-16)8-15-4-7-17(21-15)18(22)13-9-14(19)11-20-10-13;;/h2-3,5-6,9-11,15,17-18,21-22H,4,7-8H2,1H3;2*1H/t15-,17-,18+;;/m1../s1. The number of halogens is 3. The number of rotatable bonds is 5. The fourth-order valence-corrected chi connectivity index (χ4v) is 3.13. The van der Waals surface area contributed by atoms with Crippen molar-refractivity contribution in [3.63, 3.8) is 0 Å². The summed E-state index contributed by atoms with van der Waals surface area (Å²) in [5.74, 6) is 0.425. The maximum atomic E-state index is 13.2. The van der Waals surface area contributed by atoms with Crippen molar-refractivity contribution in [2.24, 2.45) is 0 Å². The molecule has 7 heteroatoms. The van der Waals surface area contributed by atoms with Crippen LogP contribution in [0, 0.1) is 5.82 Å². The Hall–Kier alpha value is -1.40. The third-order valence-corrected chi connectivity index (χ3v) is 4.37. The van der Waals surface area contributed by atoms with E-state index in [4.69, 9.17) is 4.74 Å². The fraction of sp³-hybridized carbons (Fsp3) is 0.389. The van der Waals surface area contributed by atoms with Crippen molar-refractivity contribution >= 4 is 24.8 Å². The normalized spacial score (nSPS) is 20.3. The van der Waals surface area contributed by atoms with E-state index in [1.807, 2.05) is 12.1 Å². The van der Waals surface area contributed by atoms with E-state index in [2.05, 4.69) is 22.4 Å². The summed E-state index contributed by atoms with van der Waals surface area (Å²) in [6.07, 6.45) is 4.67. The molecule has 0 aliphatic carbocycles. The highest BCUT2D eigenvalue weighted by Crippen LogP contribution is 2.27. The number of methoxy groups -OCH3 is 1. The lowest BCUT2D eigenvalue weighted by Crippen LogP contribution is -2.35. The fourth-order valence-electron chi connectivity index (χ4n) is 3.13. The number of nitrogens with zero attached hydrogens (tertiary/aromatic N) is 1. The number of aliphatic hydroxyl groups is 1. The predicted octanol–water partition coefficient (Wildman–Crippen LogP) is 3.47. The van der Waals surface area contributed by atoms with Gasteiger partial charge in [-0.1, -0.05) is 12.1 Å². The summed E-state index contributed by atoms with van der Waals surface area (Å²) in [6, 6.07) is 9.60. The largest absolute Gasteiger partial charge is 0.497 e. The number of benzene rings is 1. The second-order valence-corrected chi connectivity index (χ2v) is 5.98. The second kappa shape index (κ2) is 9.92. The van der Waals surface area contributed by atoms with Gasteiger partial charge in [0.1, 0.15) is 11.6 Å². The molecule has 1 aliphatic heterocycles. The molecule has 3 rings (SSSR count). The molecule has 138 valence electrons. The van der Waals surface area contributed by atoms with Crippen LogP contribution in [0.15, 0.2) is 42.7 Å². The summed E-state index contributed by atoms with van der Waals surface area (Å²) in [5, 5.41) is 13.9. The van der Waals surface area contributed by atoms with E-state index in [0.717, 1.165) is 31.2 Å². The van der Waals surface area contributed by atoms with Crippen molar-refractivity contribution in [2.75, 3.05) is 7.11 Å². The highest BCUT2D eigenvalue weighted by Gasteiger charge is 2.30. The molecule has 3 atom stereocenters. The molecule has 1 aromatic heterocycles. The first kappa shape index (κ1) is 21.6. The van der Waals surface area contributed by atoms with E-state index < -0.39 is 11.9 Å². The zero-order valence-electron chi connectivity index (χ0n) is 13.9. The smallest absolute Gasteiger partial charge is 0.141 e. The van der Waals surface area contributed by atoms with E-state index in [1.54, 1.807) is 7.11 Å². The Morgan fingerprint density at radius 2 is 1.96 bits per heavy atom. The molecule has 2 aromatic rings. The van der Waals surface area contributed by atoms with Crippen LogP contribution in [-0.4, -0.2) is 29.3 Å². The van der Waals surface area contributed by atoms with Crippen molar-refractivity contribution in [1.29, 1.82) is 0 Å². The number of aliphatic hydroxyl groups excluding tert-OH is 1. The van der Waals surface area contributed by atoms with Gasteiger partial charge in [-0.2, -0.15) is 0 Å². The summed E-state index contributed by atoms with van der Waals surface area (Å²) >= 11 is 0. The lowest BCUT2D eigenvalue weighted by molar-refractivity contribution is 0.134. The Bertz CT molecular complexity index is 658. The summed E-state index contributed by atoms with van der Waals surface area (Å²) in [4.78, 5) is 3.81. The molecule has 0 spiro atoms. The van der Waals surface area contributed by atoms with Crippen molar-refractivity contribution < 1.29 is 14.2 Å². The van der Waals surface area contributed by atoms with Crippen LogP contribution in [0.25, 0.3) is 0 Å². The van der Waals surface area contributed by atoms with Gasteiger partial charge >= 0.3 is 0 Å². The van der Waals surface area contributed by atoms with Crippen molar-refractivity contribution in [3.8, 4) is 5.75 Å². The highest BCUT2D eigenvalue weighted by molar-refractivity contribution is 5.85. The van der Waals surface area contributed by atoms with Crippen LogP contribution in [-0.2, 0) is 6.42 Å². The average Bonchev–Trinajstić information content (AvgIpc) is 3.03. The summed E-state index contributed by atoms with van der Waals surface area (Å²) in [6.45, 7) is 0. The minimum absolute atomic E-state index is 0. The van der Waals surface area contributed by atoms with Gasteiger partial charge in [-0.25, -0.2) is 4.39 Å². The van der Waals surface area contributed by atoms with E-state index in [0.29, 0.717) is 11.6 Å². The monoisotopic (exact) mass is 388 g/mol. The second-order valence-electron chi connectivity index (χ2n) is 5.98. The number of aromatic nitrogens is 1. The Morgan fingerprint density at radius 3 is 2.60 bits per heavy atom. The third-order valence-electron chi connectivity index (χ3n) is 4.37. The maximum absolute atomic E-state index is 13.2. The van der Waals surface area contributed by atoms with Crippen LogP contribution < -0.4 is 10.1 Å². The number of hydrogen-bond acceptors (Lipinski definition) is 4. The van der Waals surface area contributed by atoms with Gasteiger partial charge in [-0.05, 0) is 43.0 Å². The van der Waals surface area contributed by atoms with Crippen LogP contribution in [0.5, 0.6) is 5.75 Å². The average molecular weight is 389 g/mol. The Kier molecular flexibility index (Phi) is 8.59. The molecule has 0 bridgehead atoms. The zero-order valence-corrected chi connectivity index (χ0v) is 15.5. The van der Waals surface area contributed by atoms with E-state index in [1.165, 1.54) is 17.8 Å². The van der Waals surface area contributed by atoms with Gasteiger partial charge in [0.2, 0.25) is 0 Å². The van der Waals surface area contributed by atoms with E-state index >= 15 is 0 Å². The van der Waals surface area contributed by atoms with Crippen LogP contribution in [0.1, 0.15) is 30.1 Å². The molecule has 2 heterocycles. The van der Waals surface area contributed by atoms with Gasteiger partial charge in [0.15, 0.2) is 0 Å². The van der Waals surface area contributed by atoms with Crippen LogP contribution >= 0.6 is 24.8 Å². The molecule has 2 N–H and O–H groups in total. The molecule has 4 nitrogen and oxygen atoms in total. The van der Waals surface area contributed by atoms with Crippen LogP contribution in [0.2, 0.25) is 0 Å². The molecule has 1 aromatic carbocycles. The molecular weight excluding hydrogens is 366 g/mol. The minimum atomic E-state index is -0.737. The van der Waals surface area contributed by atoms with Gasteiger partial charge in [0.05, 0.1) is 19.4 Å². The van der Waals surface area contributed by atoms with Crippen LogP contribution in [0.4, 0.5) is 4.39 Å². The van der Waals surface area contributed by atoms with E-state index in [9.17, 15) is 9.50 Å². The van der Waals surface area contributed by atoms with Crippen molar-refractivity contribution in [1.82, 2.24) is 10.3 Å². The quantitative estimate of drug-likeness (QED) is 0.823.